The lowest BCUT2D eigenvalue weighted by Gasteiger charge is -2.20. The molecule has 1 aromatic carbocycles. The van der Waals surface area contributed by atoms with Crippen LogP contribution in [0.25, 0.3) is 11.0 Å². The smallest absolute Gasteiger partial charge is 0.360 e. The molecule has 0 bridgehead atoms. The van der Waals surface area contributed by atoms with Gasteiger partial charge in [0.25, 0.3) is 0 Å². The summed E-state index contributed by atoms with van der Waals surface area (Å²) in [6.45, 7) is 5.52. The van der Waals surface area contributed by atoms with Crippen LogP contribution in [0.2, 0.25) is 0 Å². The van der Waals surface area contributed by atoms with Crippen molar-refractivity contribution in [3.8, 4) is 0 Å². The maximum absolute atomic E-state index is 12.3. The molecule has 3 aromatic rings. The van der Waals surface area contributed by atoms with Gasteiger partial charge < -0.3 is 18.5 Å². The van der Waals surface area contributed by atoms with Crippen molar-refractivity contribution >= 4 is 34.7 Å². The van der Waals surface area contributed by atoms with Crippen molar-refractivity contribution in [1.82, 2.24) is 14.5 Å². The third-order valence-corrected chi connectivity index (χ3v) is 4.56. The molecule has 0 aliphatic carbocycles. The normalized spacial score (nSPS) is 11.6. The van der Waals surface area contributed by atoms with E-state index < -0.39 is 11.6 Å². The van der Waals surface area contributed by atoms with E-state index >= 15 is 0 Å². The highest BCUT2D eigenvalue weighted by Crippen LogP contribution is 2.27. The van der Waals surface area contributed by atoms with Crippen molar-refractivity contribution in [1.29, 1.82) is 0 Å². The number of hydrogen-bond donors (Lipinski definition) is 0. The minimum atomic E-state index is -0.566. The van der Waals surface area contributed by atoms with Crippen molar-refractivity contribution in [2.24, 2.45) is 0 Å². The number of esters is 2. The summed E-state index contributed by atoms with van der Waals surface area (Å²) in [5.41, 5.74) is 1.15. The third-order valence-electron chi connectivity index (χ3n) is 3.60. The maximum atomic E-state index is 12.3. The summed E-state index contributed by atoms with van der Waals surface area (Å²) in [7, 11) is 1.28. The molecule has 0 saturated carbocycles. The second kappa shape index (κ2) is 8.05. The van der Waals surface area contributed by atoms with Gasteiger partial charge >= 0.3 is 11.9 Å². The first-order valence-corrected chi connectivity index (χ1v) is 9.58. The largest absolute Gasteiger partial charge is 0.464 e. The molecule has 0 N–H and O–H groups in total. The molecule has 0 amide bonds. The lowest BCUT2D eigenvalue weighted by Crippen LogP contribution is -2.26. The fraction of sp³-hybridized carbons (Fsp3) is 0.368. The van der Waals surface area contributed by atoms with E-state index in [1.54, 1.807) is 4.57 Å². The van der Waals surface area contributed by atoms with E-state index in [2.05, 4.69) is 14.7 Å². The molecule has 0 saturated heterocycles. The number of carbonyl (C=O) groups is 2. The summed E-state index contributed by atoms with van der Waals surface area (Å²) < 4.78 is 17.2. The van der Waals surface area contributed by atoms with Gasteiger partial charge in [0.2, 0.25) is 5.89 Å². The quantitative estimate of drug-likeness (QED) is 0.456. The minimum Gasteiger partial charge on any atom is -0.464 e. The third kappa shape index (κ3) is 4.72. The molecule has 0 aliphatic heterocycles. The Morgan fingerprint density at radius 3 is 2.68 bits per heavy atom. The number of methoxy groups -OCH3 is 1. The Morgan fingerprint density at radius 1 is 1.21 bits per heavy atom. The van der Waals surface area contributed by atoms with Crippen molar-refractivity contribution in [2.45, 2.75) is 43.8 Å². The Balaban J connectivity index is 1.81. The summed E-state index contributed by atoms with van der Waals surface area (Å²) in [5, 5.41) is 0.630. The molecule has 8 nitrogen and oxygen atoms in total. The van der Waals surface area contributed by atoms with E-state index in [0.29, 0.717) is 16.8 Å². The fourth-order valence-electron chi connectivity index (χ4n) is 2.52. The first kappa shape index (κ1) is 19.9. The van der Waals surface area contributed by atoms with Gasteiger partial charge in [-0.2, -0.15) is 0 Å². The number of oxazole rings is 1. The predicted molar refractivity (Wildman–Crippen MR) is 103 cm³/mol. The number of fused-ring (bicyclic) bond motifs is 1. The Bertz CT molecular complexity index is 1000. The van der Waals surface area contributed by atoms with Crippen LogP contribution in [0.1, 0.15) is 37.2 Å². The van der Waals surface area contributed by atoms with Crippen LogP contribution in [-0.4, -0.2) is 39.2 Å². The summed E-state index contributed by atoms with van der Waals surface area (Å²) in [6, 6.07) is 7.56. The Labute approximate surface area is 166 Å². The number of nitrogens with zero attached hydrogens (tertiary/aromatic N) is 3. The second-order valence-corrected chi connectivity index (χ2v) is 7.90. The molecular formula is C19H21N3O5S. The van der Waals surface area contributed by atoms with Crippen LogP contribution in [0.5, 0.6) is 0 Å². The number of rotatable bonds is 6. The second-order valence-electron chi connectivity index (χ2n) is 6.96. The molecule has 28 heavy (non-hydrogen) atoms. The number of hydrogen-bond acceptors (Lipinski definition) is 8. The van der Waals surface area contributed by atoms with Crippen LogP contribution in [0.4, 0.5) is 0 Å². The highest BCUT2D eigenvalue weighted by atomic mass is 32.2. The zero-order valence-corrected chi connectivity index (χ0v) is 16.9. The lowest BCUT2D eigenvalue weighted by atomic mass is 10.2. The van der Waals surface area contributed by atoms with Gasteiger partial charge in [-0.3, -0.25) is 4.79 Å². The van der Waals surface area contributed by atoms with Crippen LogP contribution in [0, 0.1) is 0 Å². The standard InChI is InChI=1S/C19H21N3O5S/c1-19(2,3)27-16(23)9-22-14-8-6-5-7-12(14)21-18(22)28-11-15-20-13(10-26-15)17(24)25-4/h5-8,10H,9,11H2,1-4H3. The molecule has 0 radical (unpaired) electrons. The van der Waals surface area contributed by atoms with Gasteiger partial charge in [-0.25, -0.2) is 14.8 Å². The summed E-state index contributed by atoms with van der Waals surface area (Å²) in [4.78, 5) is 32.5. The zero-order valence-electron chi connectivity index (χ0n) is 16.1. The molecule has 0 unspecified atom stereocenters. The number of ether oxygens (including phenoxy) is 2. The number of para-hydroxylation sites is 2. The van der Waals surface area contributed by atoms with Crippen molar-refractivity contribution in [2.75, 3.05) is 7.11 Å². The van der Waals surface area contributed by atoms with E-state index in [9.17, 15) is 9.59 Å². The topological polar surface area (TPSA) is 96.5 Å². The number of imidazole rings is 1. The molecule has 3 rings (SSSR count). The van der Waals surface area contributed by atoms with Crippen LogP contribution >= 0.6 is 11.8 Å². The van der Waals surface area contributed by atoms with Gasteiger partial charge in [-0.15, -0.1) is 0 Å². The molecule has 0 fully saturated rings. The van der Waals surface area contributed by atoms with Gasteiger partial charge in [-0.05, 0) is 32.9 Å². The van der Waals surface area contributed by atoms with Crippen molar-refractivity contribution < 1.29 is 23.5 Å². The molecule has 148 valence electrons. The molecule has 0 atom stereocenters. The number of thioether (sulfide) groups is 1. The Hall–Kier alpha value is -2.81. The maximum Gasteiger partial charge on any atom is 0.360 e. The van der Waals surface area contributed by atoms with E-state index in [4.69, 9.17) is 9.15 Å². The molecule has 0 spiro atoms. The van der Waals surface area contributed by atoms with E-state index in [1.807, 2.05) is 45.0 Å². The summed E-state index contributed by atoms with van der Waals surface area (Å²) in [6.07, 6.45) is 1.26. The Kier molecular flexibility index (Phi) is 5.73. The van der Waals surface area contributed by atoms with E-state index in [-0.39, 0.29) is 18.2 Å². The number of aromatic nitrogens is 3. The SMILES string of the molecule is COC(=O)c1coc(CSc2nc3ccccc3n2CC(=O)OC(C)(C)C)n1. The zero-order chi connectivity index (χ0) is 20.3. The summed E-state index contributed by atoms with van der Waals surface area (Å²) in [5.74, 6) is -0.200. The number of benzene rings is 1. The van der Waals surface area contributed by atoms with E-state index in [0.717, 1.165) is 11.0 Å². The van der Waals surface area contributed by atoms with Gasteiger partial charge in [0.1, 0.15) is 18.4 Å². The van der Waals surface area contributed by atoms with Gasteiger partial charge in [0, 0.05) is 0 Å². The van der Waals surface area contributed by atoms with Crippen LogP contribution < -0.4 is 0 Å². The molecule has 9 heteroatoms. The molecule has 2 aromatic heterocycles. The van der Waals surface area contributed by atoms with Crippen LogP contribution in [0.15, 0.2) is 40.1 Å². The van der Waals surface area contributed by atoms with E-state index in [1.165, 1.54) is 25.1 Å². The minimum absolute atomic E-state index is 0.0408. The average Bonchev–Trinajstić information content (AvgIpc) is 3.23. The van der Waals surface area contributed by atoms with Crippen LogP contribution in [0.3, 0.4) is 0 Å². The first-order chi connectivity index (χ1) is 13.3. The van der Waals surface area contributed by atoms with Gasteiger partial charge in [0.05, 0.1) is 23.9 Å². The average molecular weight is 403 g/mol. The molecule has 0 aliphatic rings. The fourth-order valence-corrected chi connectivity index (χ4v) is 3.39. The molecule has 2 heterocycles. The van der Waals surface area contributed by atoms with Gasteiger partial charge in [-0.1, -0.05) is 23.9 Å². The van der Waals surface area contributed by atoms with Gasteiger partial charge in [0.15, 0.2) is 10.9 Å². The highest BCUT2D eigenvalue weighted by molar-refractivity contribution is 7.98. The Morgan fingerprint density at radius 2 is 1.96 bits per heavy atom. The predicted octanol–water partition coefficient (Wildman–Crippen LogP) is 3.44. The van der Waals surface area contributed by atoms with Crippen LogP contribution in [-0.2, 0) is 26.6 Å². The highest BCUT2D eigenvalue weighted by Gasteiger charge is 2.20. The first-order valence-electron chi connectivity index (χ1n) is 8.59. The molecular weight excluding hydrogens is 382 g/mol. The van der Waals surface area contributed by atoms with Crippen molar-refractivity contribution in [3.05, 3.63) is 42.1 Å². The van der Waals surface area contributed by atoms with Crippen molar-refractivity contribution in [3.63, 3.8) is 0 Å². The summed E-state index contributed by atoms with van der Waals surface area (Å²) >= 11 is 1.35. The lowest BCUT2D eigenvalue weighted by molar-refractivity contribution is -0.155. The number of carbonyl (C=O) groups excluding carboxylic acids is 2. The monoisotopic (exact) mass is 403 g/mol.